The monoisotopic (exact) mass is 182 g/mol. The number of hydrogen-bond donors (Lipinski definition) is 2. The summed E-state index contributed by atoms with van der Waals surface area (Å²) in [4.78, 5) is 0. The Morgan fingerprint density at radius 3 is 2.85 bits per heavy atom. The van der Waals surface area contributed by atoms with Gasteiger partial charge in [-0.1, -0.05) is 6.92 Å². The molecule has 0 bridgehead atoms. The summed E-state index contributed by atoms with van der Waals surface area (Å²) in [7, 11) is 0. The Bertz CT molecular complexity index is 221. The highest BCUT2D eigenvalue weighted by Gasteiger charge is 2.13. The normalized spacial score (nSPS) is 15.6. The van der Waals surface area contributed by atoms with Gasteiger partial charge in [-0.15, -0.1) is 0 Å². The predicted molar refractivity (Wildman–Crippen MR) is 53.4 cm³/mol. The molecular formula is C10H18N2O. The highest BCUT2D eigenvalue weighted by Crippen LogP contribution is 2.12. The first-order valence-electron chi connectivity index (χ1n) is 4.77. The fourth-order valence-electron chi connectivity index (χ4n) is 1.22. The van der Waals surface area contributed by atoms with Crippen LogP contribution < -0.4 is 11.1 Å². The lowest BCUT2D eigenvalue weighted by atomic mass is 10.1. The minimum Gasteiger partial charge on any atom is -0.468 e. The molecule has 1 aromatic rings. The van der Waals surface area contributed by atoms with Crippen molar-refractivity contribution in [1.29, 1.82) is 0 Å². The molecule has 3 N–H and O–H groups in total. The molecule has 0 aliphatic carbocycles. The van der Waals surface area contributed by atoms with E-state index in [1.54, 1.807) is 6.26 Å². The smallest absolute Gasteiger partial charge is 0.121 e. The maximum atomic E-state index is 5.64. The van der Waals surface area contributed by atoms with Gasteiger partial charge in [0.05, 0.1) is 12.3 Å². The average Bonchev–Trinajstić information content (AvgIpc) is 2.66. The van der Waals surface area contributed by atoms with Crippen LogP contribution in [-0.2, 0) is 0 Å². The summed E-state index contributed by atoms with van der Waals surface area (Å²) < 4.78 is 5.29. The van der Waals surface area contributed by atoms with E-state index in [2.05, 4.69) is 19.2 Å². The molecule has 0 amide bonds. The molecule has 0 spiro atoms. The summed E-state index contributed by atoms with van der Waals surface area (Å²) in [5.41, 5.74) is 5.64. The molecule has 74 valence electrons. The highest BCUT2D eigenvalue weighted by atomic mass is 16.3. The molecule has 0 fully saturated rings. The van der Waals surface area contributed by atoms with Crippen molar-refractivity contribution in [1.82, 2.24) is 5.32 Å². The molecule has 1 aromatic heterocycles. The Labute approximate surface area is 79.3 Å². The van der Waals surface area contributed by atoms with Gasteiger partial charge in [-0.3, -0.25) is 0 Å². The van der Waals surface area contributed by atoms with E-state index >= 15 is 0 Å². The van der Waals surface area contributed by atoms with Crippen LogP contribution in [0.3, 0.4) is 0 Å². The third kappa shape index (κ3) is 2.86. The molecule has 0 saturated heterocycles. The van der Waals surface area contributed by atoms with E-state index < -0.39 is 0 Å². The number of rotatable bonds is 5. The topological polar surface area (TPSA) is 51.2 Å². The van der Waals surface area contributed by atoms with Gasteiger partial charge in [0.1, 0.15) is 5.76 Å². The van der Waals surface area contributed by atoms with Crippen LogP contribution in [0.2, 0.25) is 0 Å². The molecule has 0 aromatic carbocycles. The van der Waals surface area contributed by atoms with Crippen LogP contribution in [0.15, 0.2) is 22.8 Å². The zero-order chi connectivity index (χ0) is 9.68. The number of nitrogens with one attached hydrogen (secondary N) is 1. The van der Waals surface area contributed by atoms with Crippen molar-refractivity contribution in [3.05, 3.63) is 24.2 Å². The van der Waals surface area contributed by atoms with Gasteiger partial charge in [0.25, 0.3) is 0 Å². The third-order valence-electron chi connectivity index (χ3n) is 2.22. The summed E-state index contributed by atoms with van der Waals surface area (Å²) in [5.74, 6) is 0.919. The minimum absolute atomic E-state index is 0.143. The molecule has 1 rings (SSSR count). The van der Waals surface area contributed by atoms with Gasteiger partial charge in [-0.05, 0) is 25.5 Å². The summed E-state index contributed by atoms with van der Waals surface area (Å²) in [6, 6.07) is 4.45. The van der Waals surface area contributed by atoms with Crippen molar-refractivity contribution in [2.45, 2.75) is 32.4 Å². The maximum Gasteiger partial charge on any atom is 0.121 e. The Morgan fingerprint density at radius 1 is 1.62 bits per heavy atom. The molecule has 3 nitrogen and oxygen atoms in total. The van der Waals surface area contributed by atoms with Crippen LogP contribution in [0.25, 0.3) is 0 Å². The van der Waals surface area contributed by atoms with Gasteiger partial charge in [0, 0.05) is 12.6 Å². The van der Waals surface area contributed by atoms with Gasteiger partial charge < -0.3 is 15.5 Å². The first-order chi connectivity index (χ1) is 6.27. The van der Waals surface area contributed by atoms with Crippen LogP contribution in [0.1, 0.15) is 32.1 Å². The molecular weight excluding hydrogens is 164 g/mol. The van der Waals surface area contributed by atoms with Crippen molar-refractivity contribution in [3.63, 3.8) is 0 Å². The molecule has 1 heterocycles. The zero-order valence-electron chi connectivity index (χ0n) is 8.29. The fraction of sp³-hybridized carbons (Fsp3) is 0.600. The lowest BCUT2D eigenvalue weighted by Gasteiger charge is -2.19. The minimum atomic E-state index is 0.143. The largest absolute Gasteiger partial charge is 0.468 e. The van der Waals surface area contributed by atoms with Crippen molar-refractivity contribution in [2.75, 3.05) is 6.54 Å². The van der Waals surface area contributed by atoms with Crippen LogP contribution >= 0.6 is 0 Å². The van der Waals surface area contributed by atoms with Crippen LogP contribution in [0.5, 0.6) is 0 Å². The van der Waals surface area contributed by atoms with Crippen molar-refractivity contribution >= 4 is 0 Å². The third-order valence-corrected chi connectivity index (χ3v) is 2.22. The van der Waals surface area contributed by atoms with Crippen molar-refractivity contribution < 1.29 is 4.42 Å². The standard InChI is InChI=1S/C10H18N2O/c1-3-8(2)12-9(7-11)10-5-4-6-13-10/h4-6,8-9,12H,3,7,11H2,1-2H3/t8-,9-/m1/s1. The average molecular weight is 182 g/mol. The second-order valence-electron chi connectivity index (χ2n) is 3.28. The number of hydrogen-bond acceptors (Lipinski definition) is 3. The van der Waals surface area contributed by atoms with E-state index in [1.165, 1.54) is 0 Å². The summed E-state index contributed by atoms with van der Waals surface area (Å²) in [5, 5.41) is 3.40. The van der Waals surface area contributed by atoms with Crippen molar-refractivity contribution in [2.24, 2.45) is 5.73 Å². The summed E-state index contributed by atoms with van der Waals surface area (Å²) >= 11 is 0. The van der Waals surface area contributed by atoms with Gasteiger partial charge in [-0.25, -0.2) is 0 Å². The Hall–Kier alpha value is -0.800. The zero-order valence-corrected chi connectivity index (χ0v) is 8.29. The van der Waals surface area contributed by atoms with E-state index in [4.69, 9.17) is 10.2 Å². The van der Waals surface area contributed by atoms with Gasteiger partial charge in [0.2, 0.25) is 0 Å². The number of furan rings is 1. The molecule has 13 heavy (non-hydrogen) atoms. The molecule has 3 heteroatoms. The Kier molecular flexibility index (Phi) is 3.99. The molecule has 0 aliphatic rings. The Morgan fingerprint density at radius 2 is 2.38 bits per heavy atom. The molecule has 0 aliphatic heterocycles. The van der Waals surface area contributed by atoms with Crippen molar-refractivity contribution in [3.8, 4) is 0 Å². The van der Waals surface area contributed by atoms with Crippen LogP contribution in [0, 0.1) is 0 Å². The van der Waals surface area contributed by atoms with Crippen LogP contribution in [0.4, 0.5) is 0 Å². The molecule has 0 radical (unpaired) electrons. The lowest BCUT2D eigenvalue weighted by Crippen LogP contribution is -2.34. The van der Waals surface area contributed by atoms with E-state index in [1.807, 2.05) is 12.1 Å². The van der Waals surface area contributed by atoms with Gasteiger partial charge in [-0.2, -0.15) is 0 Å². The number of nitrogens with two attached hydrogens (primary N) is 1. The van der Waals surface area contributed by atoms with Gasteiger partial charge >= 0.3 is 0 Å². The first kappa shape index (κ1) is 10.3. The first-order valence-corrected chi connectivity index (χ1v) is 4.77. The molecule has 0 saturated carbocycles. The SMILES string of the molecule is CC[C@@H](C)N[C@H](CN)c1ccco1. The van der Waals surface area contributed by atoms with E-state index in [0.29, 0.717) is 12.6 Å². The van der Waals surface area contributed by atoms with E-state index in [-0.39, 0.29) is 6.04 Å². The van der Waals surface area contributed by atoms with E-state index in [0.717, 1.165) is 12.2 Å². The Balaban J connectivity index is 2.53. The quantitative estimate of drug-likeness (QED) is 0.728. The fourth-order valence-corrected chi connectivity index (χ4v) is 1.22. The van der Waals surface area contributed by atoms with Gasteiger partial charge in [0.15, 0.2) is 0 Å². The van der Waals surface area contributed by atoms with Crippen LogP contribution in [-0.4, -0.2) is 12.6 Å². The molecule has 0 unspecified atom stereocenters. The second kappa shape index (κ2) is 5.04. The summed E-state index contributed by atoms with van der Waals surface area (Å²) in [6.07, 6.45) is 2.77. The second-order valence-corrected chi connectivity index (χ2v) is 3.28. The molecule has 2 atom stereocenters. The lowest BCUT2D eigenvalue weighted by molar-refractivity contribution is 0.380. The highest BCUT2D eigenvalue weighted by molar-refractivity contribution is 5.05. The predicted octanol–water partition coefficient (Wildman–Crippen LogP) is 1.67. The van der Waals surface area contributed by atoms with E-state index in [9.17, 15) is 0 Å². The maximum absolute atomic E-state index is 5.64. The summed E-state index contributed by atoms with van der Waals surface area (Å²) in [6.45, 7) is 4.86.